The topological polar surface area (TPSA) is 60.8 Å². The summed E-state index contributed by atoms with van der Waals surface area (Å²) < 4.78 is 0. The Morgan fingerprint density at radius 2 is 2.26 bits per heavy atom. The molecule has 1 aromatic rings. The van der Waals surface area contributed by atoms with Gasteiger partial charge in [0.2, 0.25) is 0 Å². The largest absolute Gasteiger partial charge is 0.478 e. The standard InChI is InChI=1S/C14H21NO3S/c1-2-3-7-15(8-9-16)11-13-12(6-10-19-13)4-5-14(17)18/h4-6,10,16H,2-3,7-9,11H2,1H3,(H,17,18)/b5-4+. The minimum atomic E-state index is -0.935. The third-order valence-electron chi connectivity index (χ3n) is 2.80. The van der Waals surface area contributed by atoms with Crippen molar-refractivity contribution in [2.45, 2.75) is 26.3 Å². The van der Waals surface area contributed by atoms with E-state index < -0.39 is 5.97 Å². The number of aliphatic carboxylic acids is 1. The highest BCUT2D eigenvalue weighted by molar-refractivity contribution is 7.10. The van der Waals surface area contributed by atoms with Crippen molar-refractivity contribution < 1.29 is 15.0 Å². The first-order valence-electron chi connectivity index (χ1n) is 6.48. The first-order chi connectivity index (χ1) is 9.17. The molecular weight excluding hydrogens is 262 g/mol. The van der Waals surface area contributed by atoms with E-state index in [2.05, 4.69) is 11.8 Å². The molecule has 0 radical (unpaired) electrons. The molecule has 0 amide bonds. The summed E-state index contributed by atoms with van der Waals surface area (Å²) in [6, 6.07) is 1.93. The Bertz CT molecular complexity index is 415. The van der Waals surface area contributed by atoms with E-state index in [1.807, 2.05) is 11.4 Å². The van der Waals surface area contributed by atoms with E-state index in [1.165, 1.54) is 0 Å². The van der Waals surface area contributed by atoms with Crippen LogP contribution in [-0.4, -0.2) is 40.8 Å². The summed E-state index contributed by atoms with van der Waals surface area (Å²) in [6.45, 7) is 4.66. The molecular formula is C14H21NO3S. The fraction of sp³-hybridized carbons (Fsp3) is 0.500. The molecule has 0 unspecified atom stereocenters. The van der Waals surface area contributed by atoms with E-state index in [1.54, 1.807) is 17.4 Å². The molecule has 19 heavy (non-hydrogen) atoms. The monoisotopic (exact) mass is 283 g/mol. The van der Waals surface area contributed by atoms with Gasteiger partial charge in [0.05, 0.1) is 6.61 Å². The van der Waals surface area contributed by atoms with Crippen LogP contribution in [0, 0.1) is 0 Å². The van der Waals surface area contributed by atoms with Crippen molar-refractivity contribution in [3.63, 3.8) is 0 Å². The highest BCUT2D eigenvalue weighted by Crippen LogP contribution is 2.20. The van der Waals surface area contributed by atoms with Gasteiger partial charge in [0.25, 0.3) is 0 Å². The molecule has 0 fully saturated rings. The number of aliphatic hydroxyl groups is 1. The molecule has 2 N–H and O–H groups in total. The highest BCUT2D eigenvalue weighted by atomic mass is 32.1. The molecule has 0 saturated carbocycles. The lowest BCUT2D eigenvalue weighted by atomic mass is 10.2. The minimum Gasteiger partial charge on any atom is -0.478 e. The summed E-state index contributed by atoms with van der Waals surface area (Å²) in [4.78, 5) is 13.9. The van der Waals surface area contributed by atoms with Crippen LogP contribution in [0.2, 0.25) is 0 Å². The lowest BCUT2D eigenvalue weighted by molar-refractivity contribution is -0.131. The molecule has 106 valence electrons. The first kappa shape index (κ1) is 15.9. The molecule has 0 aromatic carbocycles. The lowest BCUT2D eigenvalue weighted by Crippen LogP contribution is -2.27. The van der Waals surface area contributed by atoms with Crippen molar-refractivity contribution in [2.24, 2.45) is 0 Å². The van der Waals surface area contributed by atoms with Gasteiger partial charge >= 0.3 is 5.97 Å². The van der Waals surface area contributed by atoms with Gasteiger partial charge in [-0.25, -0.2) is 4.79 Å². The van der Waals surface area contributed by atoms with Crippen LogP contribution in [0.25, 0.3) is 6.08 Å². The second kappa shape index (κ2) is 8.85. The third kappa shape index (κ3) is 6.00. The van der Waals surface area contributed by atoms with Gasteiger partial charge in [0, 0.05) is 24.0 Å². The van der Waals surface area contributed by atoms with Crippen LogP contribution in [0.15, 0.2) is 17.5 Å². The van der Waals surface area contributed by atoms with Crippen LogP contribution in [-0.2, 0) is 11.3 Å². The summed E-state index contributed by atoms with van der Waals surface area (Å²) in [5.41, 5.74) is 0.951. The van der Waals surface area contributed by atoms with Crippen molar-refractivity contribution in [2.75, 3.05) is 19.7 Å². The Morgan fingerprint density at radius 1 is 1.47 bits per heavy atom. The van der Waals surface area contributed by atoms with Gasteiger partial charge < -0.3 is 10.2 Å². The maximum atomic E-state index is 10.5. The summed E-state index contributed by atoms with van der Waals surface area (Å²) in [6.07, 6.45) is 5.02. The number of hydrogen-bond donors (Lipinski definition) is 2. The first-order valence-corrected chi connectivity index (χ1v) is 7.36. The Kier molecular flexibility index (Phi) is 7.40. The number of unbranched alkanes of at least 4 members (excludes halogenated alkanes) is 1. The molecule has 0 aliphatic heterocycles. The van der Waals surface area contributed by atoms with E-state index >= 15 is 0 Å². The maximum Gasteiger partial charge on any atom is 0.328 e. The van der Waals surface area contributed by atoms with Crippen molar-refractivity contribution in [1.82, 2.24) is 4.90 Å². The number of nitrogens with zero attached hydrogens (tertiary/aromatic N) is 1. The van der Waals surface area contributed by atoms with E-state index in [4.69, 9.17) is 10.2 Å². The molecule has 0 atom stereocenters. The van der Waals surface area contributed by atoms with Gasteiger partial charge in [-0.2, -0.15) is 0 Å². The molecule has 0 saturated heterocycles. The number of carboxylic acid groups (broad SMARTS) is 1. The number of carbonyl (C=O) groups is 1. The average Bonchev–Trinajstić information content (AvgIpc) is 2.81. The quantitative estimate of drug-likeness (QED) is 0.683. The van der Waals surface area contributed by atoms with Gasteiger partial charge in [-0.3, -0.25) is 4.90 Å². The summed E-state index contributed by atoms with van der Waals surface area (Å²) in [5.74, 6) is -0.935. The fourth-order valence-electron chi connectivity index (χ4n) is 1.78. The number of carboxylic acids is 1. The Hall–Kier alpha value is -1.17. The molecule has 0 aliphatic rings. The van der Waals surface area contributed by atoms with Crippen LogP contribution >= 0.6 is 11.3 Å². The second-order valence-corrected chi connectivity index (χ2v) is 5.32. The molecule has 1 rings (SSSR count). The van der Waals surface area contributed by atoms with Gasteiger partial charge in [0.15, 0.2) is 0 Å². The van der Waals surface area contributed by atoms with Crippen molar-refractivity contribution in [3.8, 4) is 0 Å². The third-order valence-corrected chi connectivity index (χ3v) is 3.72. The molecule has 0 spiro atoms. The van der Waals surface area contributed by atoms with Gasteiger partial charge in [-0.05, 0) is 36.1 Å². The maximum absolute atomic E-state index is 10.5. The zero-order valence-electron chi connectivity index (χ0n) is 11.2. The Morgan fingerprint density at radius 3 is 2.89 bits per heavy atom. The Labute approximate surface area is 118 Å². The predicted octanol–water partition coefficient (Wildman–Crippen LogP) is 2.44. The van der Waals surface area contributed by atoms with E-state index in [0.717, 1.165) is 42.4 Å². The number of thiophene rings is 1. The van der Waals surface area contributed by atoms with Crippen molar-refractivity contribution >= 4 is 23.4 Å². The van der Waals surface area contributed by atoms with Crippen LogP contribution in [0.4, 0.5) is 0 Å². The SMILES string of the molecule is CCCCN(CCO)Cc1sccc1/C=C/C(=O)O. The van der Waals surface area contributed by atoms with Crippen LogP contribution < -0.4 is 0 Å². The van der Waals surface area contributed by atoms with E-state index in [-0.39, 0.29) is 6.61 Å². The zero-order chi connectivity index (χ0) is 14.1. The number of rotatable bonds is 9. The van der Waals surface area contributed by atoms with Gasteiger partial charge in [0.1, 0.15) is 0 Å². The molecule has 0 bridgehead atoms. The van der Waals surface area contributed by atoms with Crippen molar-refractivity contribution in [3.05, 3.63) is 28.0 Å². The molecule has 1 heterocycles. The van der Waals surface area contributed by atoms with E-state index in [0.29, 0.717) is 6.54 Å². The van der Waals surface area contributed by atoms with Crippen LogP contribution in [0.1, 0.15) is 30.2 Å². The Balaban J connectivity index is 2.67. The normalized spacial score (nSPS) is 11.5. The van der Waals surface area contributed by atoms with Gasteiger partial charge in [-0.1, -0.05) is 13.3 Å². The van der Waals surface area contributed by atoms with Gasteiger partial charge in [-0.15, -0.1) is 11.3 Å². The van der Waals surface area contributed by atoms with E-state index in [9.17, 15) is 4.79 Å². The number of hydrogen-bond acceptors (Lipinski definition) is 4. The fourth-order valence-corrected chi connectivity index (χ4v) is 2.69. The molecule has 5 heteroatoms. The van der Waals surface area contributed by atoms with Crippen molar-refractivity contribution in [1.29, 1.82) is 0 Å². The highest BCUT2D eigenvalue weighted by Gasteiger charge is 2.09. The molecule has 1 aromatic heterocycles. The predicted molar refractivity (Wildman–Crippen MR) is 78.3 cm³/mol. The minimum absolute atomic E-state index is 0.148. The summed E-state index contributed by atoms with van der Waals surface area (Å²) >= 11 is 1.62. The smallest absolute Gasteiger partial charge is 0.328 e. The lowest BCUT2D eigenvalue weighted by Gasteiger charge is -2.20. The zero-order valence-corrected chi connectivity index (χ0v) is 12.0. The van der Waals surface area contributed by atoms with Crippen LogP contribution in [0.5, 0.6) is 0 Å². The summed E-state index contributed by atoms with van der Waals surface area (Å²) in [5, 5.41) is 19.7. The molecule has 4 nitrogen and oxygen atoms in total. The van der Waals surface area contributed by atoms with Crippen LogP contribution in [0.3, 0.4) is 0 Å². The molecule has 0 aliphatic carbocycles. The number of aliphatic hydroxyl groups excluding tert-OH is 1. The summed E-state index contributed by atoms with van der Waals surface area (Å²) in [7, 11) is 0. The average molecular weight is 283 g/mol. The second-order valence-electron chi connectivity index (χ2n) is 4.32.